The van der Waals surface area contributed by atoms with Crippen molar-refractivity contribution >= 4 is 23.8 Å². The summed E-state index contributed by atoms with van der Waals surface area (Å²) in [5, 5.41) is 1.10. The molecule has 2 atom stereocenters. The lowest BCUT2D eigenvalue weighted by molar-refractivity contribution is 0.309. The highest BCUT2D eigenvalue weighted by Gasteiger charge is 2.01. The molecule has 0 saturated heterocycles. The lowest BCUT2D eigenvalue weighted by Gasteiger charge is -2.10. The van der Waals surface area contributed by atoms with Gasteiger partial charge in [0.05, 0.1) is 0 Å². The van der Waals surface area contributed by atoms with Crippen LogP contribution in [0.1, 0.15) is 11.1 Å². The predicted octanol–water partition coefficient (Wildman–Crippen LogP) is 3.14. The van der Waals surface area contributed by atoms with Gasteiger partial charge < -0.3 is 4.74 Å². The van der Waals surface area contributed by atoms with Crippen molar-refractivity contribution in [3.05, 3.63) is 59.7 Å². The lowest BCUT2D eigenvalue weighted by Crippen LogP contribution is -2.03. The maximum Gasteiger partial charge on any atom is 0.127 e. The zero-order valence-electron chi connectivity index (χ0n) is 9.60. The molecule has 0 bridgehead atoms. The maximum absolute atomic E-state index is 5.84. The molecule has 1 nitrogen and oxygen atoms in total. The van der Waals surface area contributed by atoms with E-state index >= 15 is 0 Å². The first-order valence-corrected chi connectivity index (χ1v) is 6.94. The molecule has 0 aliphatic rings. The molecule has 0 amide bonds. The Hall–Kier alpha value is -0.900. The standard InChI is InChI=1S/C14H16OP2/c16-10-12-6-7-14(17)13(8-12)15-9-11-4-2-1-3-5-11/h1-8H,9-10,16-17H2. The number of rotatable bonds is 4. The first-order chi connectivity index (χ1) is 8.29. The minimum absolute atomic E-state index is 0.614. The fraction of sp³-hybridized carbons (Fsp3) is 0.143. The first kappa shape index (κ1) is 12.6. The van der Waals surface area contributed by atoms with Gasteiger partial charge in [-0.1, -0.05) is 42.5 Å². The largest absolute Gasteiger partial charge is 0.488 e. The minimum atomic E-state index is 0.614. The van der Waals surface area contributed by atoms with Gasteiger partial charge in [0.1, 0.15) is 12.4 Å². The van der Waals surface area contributed by atoms with Crippen LogP contribution in [0.5, 0.6) is 5.75 Å². The summed E-state index contributed by atoms with van der Waals surface area (Å²) in [7, 11) is 5.44. The molecule has 0 aliphatic carbocycles. The van der Waals surface area contributed by atoms with Crippen molar-refractivity contribution in [3.63, 3.8) is 0 Å². The Bertz CT molecular complexity index is 483. The Labute approximate surface area is 107 Å². The van der Waals surface area contributed by atoms with Crippen LogP contribution in [0.4, 0.5) is 0 Å². The van der Waals surface area contributed by atoms with E-state index in [9.17, 15) is 0 Å². The smallest absolute Gasteiger partial charge is 0.127 e. The minimum Gasteiger partial charge on any atom is -0.488 e. The highest BCUT2D eigenvalue weighted by atomic mass is 31.0. The molecule has 2 aromatic rings. The number of hydrogen-bond acceptors (Lipinski definition) is 1. The molecule has 0 aliphatic heterocycles. The van der Waals surface area contributed by atoms with Gasteiger partial charge >= 0.3 is 0 Å². The van der Waals surface area contributed by atoms with Crippen LogP contribution in [0.15, 0.2) is 48.5 Å². The Balaban J connectivity index is 2.08. The van der Waals surface area contributed by atoms with E-state index in [-0.39, 0.29) is 0 Å². The van der Waals surface area contributed by atoms with Gasteiger partial charge in [-0.2, -0.15) is 0 Å². The third-order valence-corrected chi connectivity index (χ3v) is 3.50. The molecule has 2 aromatic carbocycles. The van der Waals surface area contributed by atoms with Crippen LogP contribution in [0, 0.1) is 0 Å². The second-order valence-electron chi connectivity index (χ2n) is 3.85. The number of benzene rings is 2. The van der Waals surface area contributed by atoms with E-state index in [0.29, 0.717) is 6.61 Å². The lowest BCUT2D eigenvalue weighted by atomic mass is 10.2. The average Bonchev–Trinajstić information content (AvgIpc) is 2.39. The van der Waals surface area contributed by atoms with Gasteiger partial charge in [0, 0.05) is 5.30 Å². The summed E-state index contributed by atoms with van der Waals surface area (Å²) in [4.78, 5) is 0. The maximum atomic E-state index is 5.84. The van der Waals surface area contributed by atoms with Crippen molar-refractivity contribution in [2.75, 3.05) is 0 Å². The normalized spacial score (nSPS) is 10.2. The summed E-state index contributed by atoms with van der Waals surface area (Å²) in [6, 6.07) is 16.5. The fourth-order valence-electron chi connectivity index (χ4n) is 1.57. The van der Waals surface area contributed by atoms with E-state index in [0.717, 1.165) is 17.2 Å². The van der Waals surface area contributed by atoms with Gasteiger partial charge in [0.2, 0.25) is 0 Å². The second-order valence-corrected chi connectivity index (χ2v) is 4.88. The molecule has 2 unspecified atom stereocenters. The van der Waals surface area contributed by atoms with Crippen molar-refractivity contribution in [1.82, 2.24) is 0 Å². The van der Waals surface area contributed by atoms with Crippen LogP contribution in [0.25, 0.3) is 0 Å². The molecular formula is C14H16OP2. The Kier molecular flexibility index (Phi) is 4.54. The van der Waals surface area contributed by atoms with Crippen LogP contribution in [-0.2, 0) is 12.8 Å². The fourth-order valence-corrected chi connectivity index (χ4v) is 2.08. The summed E-state index contributed by atoms with van der Waals surface area (Å²) >= 11 is 0. The monoisotopic (exact) mass is 262 g/mol. The van der Waals surface area contributed by atoms with E-state index in [1.807, 2.05) is 18.2 Å². The van der Waals surface area contributed by atoms with Crippen molar-refractivity contribution in [2.45, 2.75) is 12.8 Å². The predicted molar refractivity (Wildman–Crippen MR) is 80.0 cm³/mol. The van der Waals surface area contributed by atoms with E-state index in [4.69, 9.17) is 4.74 Å². The Morgan fingerprint density at radius 3 is 2.41 bits per heavy atom. The van der Waals surface area contributed by atoms with Crippen LogP contribution in [0.3, 0.4) is 0 Å². The molecule has 0 saturated carbocycles. The molecule has 0 aromatic heterocycles. The molecular weight excluding hydrogens is 246 g/mol. The molecule has 2 rings (SSSR count). The zero-order valence-corrected chi connectivity index (χ0v) is 11.9. The molecule has 0 N–H and O–H groups in total. The molecule has 0 fully saturated rings. The van der Waals surface area contributed by atoms with Crippen LogP contribution < -0.4 is 10.0 Å². The highest BCUT2D eigenvalue weighted by Crippen LogP contribution is 2.17. The van der Waals surface area contributed by atoms with Crippen LogP contribution in [-0.4, -0.2) is 0 Å². The average molecular weight is 262 g/mol. The molecule has 0 radical (unpaired) electrons. The van der Waals surface area contributed by atoms with E-state index in [1.54, 1.807) is 0 Å². The summed E-state index contributed by atoms with van der Waals surface area (Å²) in [5.41, 5.74) is 2.46. The zero-order chi connectivity index (χ0) is 12.1. The number of ether oxygens (including phenoxy) is 1. The van der Waals surface area contributed by atoms with Gasteiger partial charge in [-0.15, -0.1) is 18.5 Å². The summed E-state index contributed by atoms with van der Waals surface area (Å²) in [5.74, 6) is 0.943. The quantitative estimate of drug-likeness (QED) is 0.769. The molecule has 0 heterocycles. The summed E-state index contributed by atoms with van der Waals surface area (Å²) < 4.78 is 5.84. The van der Waals surface area contributed by atoms with Crippen LogP contribution >= 0.6 is 18.5 Å². The van der Waals surface area contributed by atoms with Crippen molar-refractivity contribution in [2.24, 2.45) is 0 Å². The topological polar surface area (TPSA) is 9.23 Å². The van der Waals surface area contributed by atoms with Gasteiger partial charge in [-0.05, 0) is 23.4 Å². The van der Waals surface area contributed by atoms with Gasteiger partial charge in [0.15, 0.2) is 0 Å². The SMILES string of the molecule is PCc1ccc(P)c(OCc2ccccc2)c1. The third-order valence-electron chi connectivity index (χ3n) is 2.55. The van der Waals surface area contributed by atoms with E-state index < -0.39 is 0 Å². The van der Waals surface area contributed by atoms with Gasteiger partial charge in [-0.3, -0.25) is 0 Å². The van der Waals surface area contributed by atoms with Crippen molar-refractivity contribution in [1.29, 1.82) is 0 Å². The van der Waals surface area contributed by atoms with Gasteiger partial charge in [-0.25, -0.2) is 0 Å². The Morgan fingerprint density at radius 1 is 0.941 bits per heavy atom. The van der Waals surface area contributed by atoms with E-state index in [1.165, 1.54) is 11.1 Å². The second kappa shape index (κ2) is 6.15. The molecule has 3 heteroatoms. The van der Waals surface area contributed by atoms with Crippen LogP contribution in [0.2, 0.25) is 0 Å². The Morgan fingerprint density at radius 2 is 1.71 bits per heavy atom. The first-order valence-electron chi connectivity index (χ1n) is 5.55. The molecule has 88 valence electrons. The molecule has 0 spiro atoms. The highest BCUT2D eigenvalue weighted by molar-refractivity contribution is 7.27. The summed E-state index contributed by atoms with van der Waals surface area (Å²) in [6.07, 6.45) is 0.951. The van der Waals surface area contributed by atoms with Gasteiger partial charge in [0.25, 0.3) is 0 Å². The third kappa shape index (κ3) is 3.53. The molecule has 17 heavy (non-hydrogen) atoms. The van der Waals surface area contributed by atoms with Crippen molar-refractivity contribution in [3.8, 4) is 5.75 Å². The van der Waals surface area contributed by atoms with E-state index in [2.05, 4.69) is 48.8 Å². The van der Waals surface area contributed by atoms with Crippen molar-refractivity contribution < 1.29 is 4.74 Å². The summed E-state index contributed by atoms with van der Waals surface area (Å²) in [6.45, 7) is 0.614. The number of hydrogen-bond donors (Lipinski definition) is 0.